The molecule has 0 saturated carbocycles. The number of hydrogen-bond acceptors (Lipinski definition) is 3. The van der Waals surface area contributed by atoms with Gasteiger partial charge in [0.1, 0.15) is 0 Å². The summed E-state index contributed by atoms with van der Waals surface area (Å²) in [4.78, 5) is 11.9. The van der Waals surface area contributed by atoms with Crippen molar-refractivity contribution in [2.24, 2.45) is 14.1 Å². The van der Waals surface area contributed by atoms with Crippen molar-refractivity contribution in [3.8, 4) is 0 Å². The number of nitrogens with one attached hydrogen (secondary N) is 1. The highest BCUT2D eigenvalue weighted by molar-refractivity contribution is 5.94. The van der Waals surface area contributed by atoms with Gasteiger partial charge in [0.25, 0.3) is 5.91 Å². The van der Waals surface area contributed by atoms with Gasteiger partial charge in [0.2, 0.25) is 0 Å². The molecule has 17 heavy (non-hydrogen) atoms. The third kappa shape index (κ3) is 2.52. The van der Waals surface area contributed by atoms with Crippen molar-refractivity contribution >= 4 is 5.91 Å². The van der Waals surface area contributed by atoms with Crippen LogP contribution in [-0.4, -0.2) is 25.5 Å². The molecule has 0 unspecified atom stereocenters. The molecule has 0 saturated heterocycles. The van der Waals surface area contributed by atoms with Gasteiger partial charge >= 0.3 is 0 Å². The first-order chi connectivity index (χ1) is 8.06. The number of aryl methyl sites for hydroxylation is 3. The summed E-state index contributed by atoms with van der Waals surface area (Å²) in [6.45, 7) is 2.29. The van der Waals surface area contributed by atoms with Gasteiger partial charge in [0.05, 0.1) is 17.5 Å². The fraction of sp³-hybridized carbons (Fsp3) is 0.364. The van der Waals surface area contributed by atoms with Gasteiger partial charge in [0.15, 0.2) is 0 Å². The lowest BCUT2D eigenvalue weighted by molar-refractivity contribution is 0.0950. The van der Waals surface area contributed by atoms with Crippen molar-refractivity contribution in [2.75, 3.05) is 0 Å². The number of carbonyl (C=O) groups excluding carboxylic acids is 1. The molecule has 0 aliphatic rings. The Kier molecular flexibility index (Phi) is 2.95. The van der Waals surface area contributed by atoms with Crippen molar-refractivity contribution in [2.45, 2.75) is 13.5 Å². The highest BCUT2D eigenvalue weighted by atomic mass is 16.1. The monoisotopic (exact) mass is 233 g/mol. The maximum Gasteiger partial charge on any atom is 0.255 e. The fourth-order valence-corrected chi connectivity index (χ4v) is 1.66. The summed E-state index contributed by atoms with van der Waals surface area (Å²) in [6, 6.07) is 0. The van der Waals surface area contributed by atoms with E-state index < -0.39 is 0 Å². The molecular weight excluding hydrogens is 218 g/mol. The number of carbonyl (C=O) groups is 1. The van der Waals surface area contributed by atoms with Gasteiger partial charge < -0.3 is 5.32 Å². The van der Waals surface area contributed by atoms with E-state index in [9.17, 15) is 4.79 Å². The highest BCUT2D eigenvalue weighted by Gasteiger charge is 2.11. The number of hydrogen-bond donors (Lipinski definition) is 1. The van der Waals surface area contributed by atoms with Crippen LogP contribution in [-0.2, 0) is 20.6 Å². The Labute approximate surface area is 99.2 Å². The summed E-state index contributed by atoms with van der Waals surface area (Å²) in [6.07, 6.45) is 5.32. The maximum absolute atomic E-state index is 11.9. The summed E-state index contributed by atoms with van der Waals surface area (Å²) in [5.41, 5.74) is 2.31. The number of nitrogens with zero attached hydrogens (tertiary/aromatic N) is 4. The lowest BCUT2D eigenvalue weighted by Crippen LogP contribution is -2.22. The van der Waals surface area contributed by atoms with E-state index in [0.29, 0.717) is 12.1 Å². The lowest BCUT2D eigenvalue weighted by Gasteiger charge is -2.01. The molecular formula is C11H15N5O. The first-order valence-corrected chi connectivity index (χ1v) is 5.32. The average molecular weight is 233 g/mol. The molecule has 0 aromatic carbocycles. The van der Waals surface area contributed by atoms with Crippen LogP contribution in [0.25, 0.3) is 0 Å². The minimum Gasteiger partial charge on any atom is -0.348 e. The van der Waals surface area contributed by atoms with E-state index in [0.717, 1.165) is 11.3 Å². The predicted octanol–water partition coefficient (Wildman–Crippen LogP) is 0.392. The maximum atomic E-state index is 11.9. The van der Waals surface area contributed by atoms with E-state index >= 15 is 0 Å². The Balaban J connectivity index is 2.00. The first-order valence-electron chi connectivity index (χ1n) is 5.32. The SMILES string of the molecule is Cc1nn(C)cc1C(=O)NCc1cnn(C)c1. The number of aromatic nitrogens is 4. The van der Waals surface area contributed by atoms with Gasteiger partial charge in [-0.25, -0.2) is 0 Å². The van der Waals surface area contributed by atoms with Crippen molar-refractivity contribution in [3.63, 3.8) is 0 Å². The summed E-state index contributed by atoms with van der Waals surface area (Å²) in [5.74, 6) is -0.112. The van der Waals surface area contributed by atoms with Crippen LogP contribution in [0.4, 0.5) is 0 Å². The van der Waals surface area contributed by atoms with E-state index in [4.69, 9.17) is 0 Å². The second-order valence-corrected chi connectivity index (χ2v) is 4.01. The summed E-state index contributed by atoms with van der Waals surface area (Å²) < 4.78 is 3.34. The zero-order valence-electron chi connectivity index (χ0n) is 10.1. The molecule has 2 heterocycles. The molecule has 90 valence electrons. The Morgan fingerprint density at radius 1 is 1.35 bits per heavy atom. The van der Waals surface area contributed by atoms with E-state index in [1.165, 1.54) is 0 Å². The summed E-state index contributed by atoms with van der Waals surface area (Å²) in [7, 11) is 3.64. The topological polar surface area (TPSA) is 64.7 Å². The summed E-state index contributed by atoms with van der Waals surface area (Å²) >= 11 is 0. The zero-order chi connectivity index (χ0) is 12.4. The minimum atomic E-state index is -0.112. The van der Waals surface area contributed by atoms with Crippen LogP contribution >= 0.6 is 0 Å². The van der Waals surface area contributed by atoms with Crippen LogP contribution in [0.15, 0.2) is 18.6 Å². The molecule has 0 atom stereocenters. The molecule has 6 nitrogen and oxygen atoms in total. The van der Waals surface area contributed by atoms with Crippen LogP contribution in [0, 0.1) is 6.92 Å². The van der Waals surface area contributed by atoms with E-state index in [2.05, 4.69) is 15.5 Å². The van der Waals surface area contributed by atoms with Crippen molar-refractivity contribution in [1.82, 2.24) is 24.9 Å². The molecule has 2 rings (SSSR count). The largest absolute Gasteiger partial charge is 0.348 e. The Morgan fingerprint density at radius 2 is 2.12 bits per heavy atom. The minimum absolute atomic E-state index is 0.112. The van der Waals surface area contributed by atoms with E-state index in [-0.39, 0.29) is 5.91 Å². The molecule has 0 aliphatic carbocycles. The molecule has 2 aromatic rings. The zero-order valence-corrected chi connectivity index (χ0v) is 10.1. The predicted molar refractivity (Wildman–Crippen MR) is 62.3 cm³/mol. The highest BCUT2D eigenvalue weighted by Crippen LogP contribution is 2.05. The molecule has 0 bridgehead atoms. The smallest absolute Gasteiger partial charge is 0.255 e. The standard InChI is InChI=1S/C11H15N5O/c1-8-10(7-16(3)14-8)11(17)12-4-9-5-13-15(2)6-9/h5-7H,4H2,1-3H3,(H,12,17). The number of rotatable bonds is 3. The molecule has 0 aliphatic heterocycles. The average Bonchev–Trinajstić information content (AvgIpc) is 2.81. The lowest BCUT2D eigenvalue weighted by atomic mass is 10.2. The van der Waals surface area contributed by atoms with E-state index in [1.807, 2.05) is 20.2 Å². The third-order valence-electron chi connectivity index (χ3n) is 2.47. The Bertz CT molecular complexity index is 540. The van der Waals surface area contributed by atoms with Gasteiger partial charge in [-0.15, -0.1) is 0 Å². The second kappa shape index (κ2) is 4.40. The van der Waals surface area contributed by atoms with Gasteiger partial charge in [0, 0.05) is 38.6 Å². The molecule has 1 amide bonds. The third-order valence-corrected chi connectivity index (χ3v) is 2.47. The van der Waals surface area contributed by atoms with Crippen molar-refractivity contribution < 1.29 is 4.79 Å². The molecule has 0 radical (unpaired) electrons. The normalized spacial score (nSPS) is 10.5. The number of amides is 1. The second-order valence-electron chi connectivity index (χ2n) is 4.01. The Morgan fingerprint density at radius 3 is 2.65 bits per heavy atom. The van der Waals surface area contributed by atoms with Gasteiger partial charge in [-0.1, -0.05) is 0 Å². The quantitative estimate of drug-likeness (QED) is 0.834. The Hall–Kier alpha value is -2.11. The molecule has 6 heteroatoms. The molecule has 0 spiro atoms. The molecule has 2 aromatic heterocycles. The van der Waals surface area contributed by atoms with Crippen LogP contribution in [0.3, 0.4) is 0 Å². The van der Waals surface area contributed by atoms with Crippen LogP contribution in [0.2, 0.25) is 0 Å². The van der Waals surface area contributed by atoms with Gasteiger partial charge in [-0.05, 0) is 6.92 Å². The van der Waals surface area contributed by atoms with Crippen molar-refractivity contribution in [1.29, 1.82) is 0 Å². The van der Waals surface area contributed by atoms with Crippen molar-refractivity contribution in [3.05, 3.63) is 35.4 Å². The van der Waals surface area contributed by atoms with Crippen LogP contribution in [0.5, 0.6) is 0 Å². The fourth-order valence-electron chi connectivity index (χ4n) is 1.66. The summed E-state index contributed by atoms with van der Waals surface area (Å²) in [5, 5.41) is 11.0. The van der Waals surface area contributed by atoms with Gasteiger partial charge in [-0.3, -0.25) is 14.2 Å². The molecule has 1 N–H and O–H groups in total. The van der Waals surface area contributed by atoms with Crippen LogP contribution < -0.4 is 5.32 Å². The molecule has 0 fully saturated rings. The van der Waals surface area contributed by atoms with E-state index in [1.54, 1.807) is 28.8 Å². The van der Waals surface area contributed by atoms with Gasteiger partial charge in [-0.2, -0.15) is 10.2 Å². The van der Waals surface area contributed by atoms with Crippen LogP contribution in [0.1, 0.15) is 21.6 Å². The first kappa shape index (κ1) is 11.4.